The van der Waals surface area contributed by atoms with Gasteiger partial charge in [-0.05, 0) is 46.5 Å². The van der Waals surface area contributed by atoms with Crippen molar-refractivity contribution in [3.8, 4) is 0 Å². The van der Waals surface area contributed by atoms with Crippen molar-refractivity contribution < 1.29 is 17.9 Å². The van der Waals surface area contributed by atoms with Crippen molar-refractivity contribution in [1.29, 1.82) is 0 Å². The summed E-state index contributed by atoms with van der Waals surface area (Å²) in [5, 5.41) is 6.20. The monoisotopic (exact) mass is 334 g/mol. The quantitative estimate of drug-likeness (QED) is 0.772. The van der Waals surface area contributed by atoms with Crippen LogP contribution in [0, 0.1) is 5.92 Å². The number of nitrogens with one attached hydrogen (secondary N) is 2. The molecule has 7 heteroatoms. The van der Waals surface area contributed by atoms with Crippen LogP contribution in [0.5, 0.6) is 0 Å². The molecule has 0 heterocycles. The average molecular weight is 334 g/mol. The summed E-state index contributed by atoms with van der Waals surface area (Å²) in [5.41, 5.74) is -0.499. The van der Waals surface area contributed by atoms with Crippen LogP contribution in [0.2, 0.25) is 0 Å². The van der Waals surface area contributed by atoms with Crippen LogP contribution in [0.3, 0.4) is 0 Å². The maximum absolute atomic E-state index is 11.7. The summed E-state index contributed by atoms with van der Waals surface area (Å²) in [7, 11) is -2.98. The number of hydrogen-bond donors (Lipinski definition) is 2. The minimum absolute atomic E-state index is 0.0814. The molecule has 0 aromatic heterocycles. The van der Waals surface area contributed by atoms with Crippen LogP contribution in [-0.4, -0.2) is 50.7 Å². The molecule has 0 aromatic rings. The van der Waals surface area contributed by atoms with Crippen LogP contribution in [0.1, 0.15) is 47.0 Å². The molecule has 1 rings (SSSR count). The molecular weight excluding hydrogens is 304 g/mol. The van der Waals surface area contributed by atoms with Crippen LogP contribution in [-0.2, 0) is 14.6 Å². The molecular formula is C15H30N2O4S. The molecule has 0 aliphatic heterocycles. The summed E-state index contributed by atoms with van der Waals surface area (Å²) in [5.74, 6) is 0.449. The number of carbonyl (C=O) groups is 1. The first-order valence-electron chi connectivity index (χ1n) is 7.87. The number of hydrogen-bond acceptors (Lipinski definition) is 5. The second-order valence-corrected chi connectivity index (χ2v) is 9.53. The maximum Gasteiger partial charge on any atom is 0.407 e. The summed E-state index contributed by atoms with van der Waals surface area (Å²) in [6.07, 6.45) is 3.97. The Balaban J connectivity index is 2.42. The number of alkyl carbamates (subject to hydrolysis) is 1. The van der Waals surface area contributed by atoms with E-state index in [4.69, 9.17) is 4.74 Å². The van der Waals surface area contributed by atoms with E-state index >= 15 is 0 Å². The highest BCUT2D eigenvalue weighted by Gasteiger charge is 2.29. The maximum atomic E-state index is 11.7. The van der Waals surface area contributed by atoms with Crippen LogP contribution < -0.4 is 10.6 Å². The van der Waals surface area contributed by atoms with Gasteiger partial charge in [-0.25, -0.2) is 13.2 Å². The third kappa shape index (κ3) is 7.98. The third-order valence-electron chi connectivity index (χ3n) is 3.62. The molecule has 0 radical (unpaired) electrons. The van der Waals surface area contributed by atoms with E-state index in [2.05, 4.69) is 10.6 Å². The highest BCUT2D eigenvalue weighted by atomic mass is 32.2. The summed E-state index contributed by atoms with van der Waals surface area (Å²) in [4.78, 5) is 11.7. The zero-order chi connectivity index (χ0) is 17.0. The summed E-state index contributed by atoms with van der Waals surface area (Å²) in [6, 6.07) is 0.161. The molecule has 1 saturated carbocycles. The van der Waals surface area contributed by atoms with E-state index in [0.29, 0.717) is 12.5 Å². The van der Waals surface area contributed by atoms with Crippen molar-refractivity contribution in [3.63, 3.8) is 0 Å². The SMILES string of the molecule is CC(CS(C)(=O)=O)NC1CCCC1CNC(=O)OC(C)(C)C. The Morgan fingerprint density at radius 2 is 1.95 bits per heavy atom. The Bertz CT molecular complexity index is 470. The Kier molecular flexibility index (Phi) is 6.67. The fourth-order valence-electron chi connectivity index (χ4n) is 2.90. The van der Waals surface area contributed by atoms with E-state index in [1.807, 2.05) is 27.7 Å². The van der Waals surface area contributed by atoms with Gasteiger partial charge in [-0.2, -0.15) is 0 Å². The fraction of sp³-hybridized carbons (Fsp3) is 0.933. The van der Waals surface area contributed by atoms with Gasteiger partial charge in [0.15, 0.2) is 0 Å². The van der Waals surface area contributed by atoms with Gasteiger partial charge in [-0.3, -0.25) is 0 Å². The Morgan fingerprint density at radius 3 is 2.50 bits per heavy atom. The lowest BCUT2D eigenvalue weighted by molar-refractivity contribution is 0.0517. The lowest BCUT2D eigenvalue weighted by Gasteiger charge is -2.26. The Hall–Kier alpha value is -0.820. The van der Waals surface area contributed by atoms with E-state index < -0.39 is 21.5 Å². The first-order valence-corrected chi connectivity index (χ1v) is 9.93. The number of carbonyl (C=O) groups excluding carboxylic acids is 1. The summed E-state index contributed by atoms with van der Waals surface area (Å²) < 4.78 is 27.9. The van der Waals surface area contributed by atoms with Gasteiger partial charge in [-0.15, -0.1) is 0 Å². The van der Waals surface area contributed by atoms with Crippen LogP contribution in [0.25, 0.3) is 0 Å². The molecule has 1 aliphatic rings. The molecule has 3 atom stereocenters. The molecule has 1 amide bonds. The zero-order valence-electron chi connectivity index (χ0n) is 14.3. The van der Waals surface area contributed by atoms with Crippen LogP contribution in [0.4, 0.5) is 4.79 Å². The lowest BCUT2D eigenvalue weighted by atomic mass is 10.0. The minimum atomic E-state index is -2.98. The standard InChI is InChI=1S/C15H30N2O4S/c1-11(10-22(5,19)20)17-13-8-6-7-12(13)9-16-14(18)21-15(2,3)4/h11-13,17H,6-10H2,1-5H3,(H,16,18). The second kappa shape index (κ2) is 7.64. The number of amides is 1. The first-order chi connectivity index (χ1) is 9.96. The largest absolute Gasteiger partial charge is 0.444 e. The lowest BCUT2D eigenvalue weighted by Crippen LogP contribution is -2.45. The second-order valence-electron chi connectivity index (χ2n) is 7.34. The Morgan fingerprint density at radius 1 is 1.32 bits per heavy atom. The van der Waals surface area contributed by atoms with E-state index in [0.717, 1.165) is 19.3 Å². The van der Waals surface area contributed by atoms with Gasteiger partial charge < -0.3 is 15.4 Å². The minimum Gasteiger partial charge on any atom is -0.444 e. The zero-order valence-corrected chi connectivity index (χ0v) is 15.1. The summed E-state index contributed by atoms with van der Waals surface area (Å²) in [6.45, 7) is 7.94. The van der Waals surface area contributed by atoms with Gasteiger partial charge in [-0.1, -0.05) is 6.42 Å². The Labute approximate surface area is 134 Å². The molecule has 2 N–H and O–H groups in total. The van der Waals surface area contributed by atoms with Gasteiger partial charge in [0.25, 0.3) is 0 Å². The smallest absolute Gasteiger partial charge is 0.407 e. The van der Waals surface area contributed by atoms with E-state index in [9.17, 15) is 13.2 Å². The molecule has 3 unspecified atom stereocenters. The van der Waals surface area contributed by atoms with Gasteiger partial charge >= 0.3 is 6.09 Å². The van der Waals surface area contributed by atoms with E-state index in [1.165, 1.54) is 6.26 Å². The molecule has 0 spiro atoms. The predicted molar refractivity (Wildman–Crippen MR) is 87.7 cm³/mol. The van der Waals surface area contributed by atoms with Crippen molar-refractivity contribution in [3.05, 3.63) is 0 Å². The average Bonchev–Trinajstić information content (AvgIpc) is 2.68. The molecule has 0 bridgehead atoms. The molecule has 130 valence electrons. The normalized spacial score (nSPS) is 24.0. The van der Waals surface area contributed by atoms with Crippen molar-refractivity contribution in [1.82, 2.24) is 10.6 Å². The number of ether oxygens (including phenoxy) is 1. The molecule has 1 fully saturated rings. The van der Waals surface area contributed by atoms with Crippen molar-refractivity contribution >= 4 is 15.9 Å². The topological polar surface area (TPSA) is 84.5 Å². The van der Waals surface area contributed by atoms with Gasteiger partial charge in [0.1, 0.15) is 15.4 Å². The molecule has 22 heavy (non-hydrogen) atoms. The predicted octanol–water partition coefficient (Wildman–Crippen LogP) is 1.70. The molecule has 1 aliphatic carbocycles. The van der Waals surface area contributed by atoms with E-state index in [1.54, 1.807) is 0 Å². The molecule has 6 nitrogen and oxygen atoms in total. The van der Waals surface area contributed by atoms with E-state index in [-0.39, 0.29) is 17.8 Å². The number of sulfone groups is 1. The van der Waals surface area contributed by atoms with Gasteiger partial charge in [0.2, 0.25) is 0 Å². The molecule has 0 saturated heterocycles. The van der Waals surface area contributed by atoms with Gasteiger partial charge in [0, 0.05) is 24.9 Å². The van der Waals surface area contributed by atoms with Crippen molar-refractivity contribution in [2.45, 2.75) is 64.6 Å². The van der Waals surface area contributed by atoms with Crippen molar-refractivity contribution in [2.75, 3.05) is 18.6 Å². The highest BCUT2D eigenvalue weighted by molar-refractivity contribution is 7.90. The fourth-order valence-corrected chi connectivity index (χ4v) is 3.90. The molecule has 0 aromatic carbocycles. The van der Waals surface area contributed by atoms with Gasteiger partial charge in [0.05, 0.1) is 5.75 Å². The highest BCUT2D eigenvalue weighted by Crippen LogP contribution is 2.25. The van der Waals surface area contributed by atoms with Crippen LogP contribution in [0.15, 0.2) is 0 Å². The number of rotatable bonds is 6. The first kappa shape index (κ1) is 19.2. The van der Waals surface area contributed by atoms with Crippen LogP contribution >= 0.6 is 0 Å². The third-order valence-corrected chi connectivity index (χ3v) is 4.72. The summed E-state index contributed by atoms with van der Waals surface area (Å²) >= 11 is 0. The van der Waals surface area contributed by atoms with Crippen molar-refractivity contribution in [2.24, 2.45) is 5.92 Å².